The summed E-state index contributed by atoms with van der Waals surface area (Å²) in [6, 6.07) is 12.4. The Labute approximate surface area is 138 Å². The lowest BCUT2D eigenvalue weighted by molar-refractivity contribution is -0.385. The maximum atomic E-state index is 12.0. The summed E-state index contributed by atoms with van der Waals surface area (Å²) in [4.78, 5) is 23.6. The fourth-order valence-electron chi connectivity index (χ4n) is 2.02. The standard InChI is InChI=1S/C17H16N2O3S/c1-12-15(4-3-5-16(12)19(21)22)18-17(20)11-8-13-6-9-14(23-2)10-7-13/h3-11H,1-2H3,(H,18,20)/b11-8+. The van der Waals surface area contributed by atoms with E-state index in [0.717, 1.165) is 10.5 Å². The first-order valence-corrected chi connectivity index (χ1v) is 8.11. The van der Waals surface area contributed by atoms with Crippen molar-refractivity contribution < 1.29 is 9.72 Å². The molecule has 0 fully saturated rings. The Kier molecular flexibility index (Phi) is 5.54. The molecule has 2 aromatic rings. The summed E-state index contributed by atoms with van der Waals surface area (Å²) < 4.78 is 0. The van der Waals surface area contributed by atoms with Gasteiger partial charge < -0.3 is 5.32 Å². The topological polar surface area (TPSA) is 72.2 Å². The molecule has 2 aromatic carbocycles. The smallest absolute Gasteiger partial charge is 0.274 e. The highest BCUT2D eigenvalue weighted by atomic mass is 32.2. The van der Waals surface area contributed by atoms with Gasteiger partial charge in [-0.05, 0) is 43.0 Å². The highest BCUT2D eigenvalue weighted by Crippen LogP contribution is 2.25. The van der Waals surface area contributed by atoms with Crippen LogP contribution in [0, 0.1) is 17.0 Å². The van der Waals surface area contributed by atoms with E-state index in [1.54, 1.807) is 36.9 Å². The van der Waals surface area contributed by atoms with Gasteiger partial charge in [0.2, 0.25) is 5.91 Å². The monoisotopic (exact) mass is 328 g/mol. The van der Waals surface area contributed by atoms with Crippen molar-refractivity contribution in [3.63, 3.8) is 0 Å². The third kappa shape index (κ3) is 4.43. The molecule has 0 radical (unpaired) electrons. The molecule has 0 aliphatic rings. The molecule has 0 bridgehead atoms. The van der Waals surface area contributed by atoms with Gasteiger partial charge in [0.1, 0.15) is 0 Å². The molecule has 118 valence electrons. The maximum absolute atomic E-state index is 12.0. The minimum Gasteiger partial charge on any atom is -0.322 e. The Morgan fingerprint density at radius 3 is 2.52 bits per heavy atom. The Hall–Kier alpha value is -2.60. The summed E-state index contributed by atoms with van der Waals surface area (Å²) in [6.07, 6.45) is 5.11. The van der Waals surface area contributed by atoms with Crippen LogP contribution in [0.1, 0.15) is 11.1 Å². The van der Waals surface area contributed by atoms with Gasteiger partial charge in [0.15, 0.2) is 0 Å². The molecule has 6 heteroatoms. The van der Waals surface area contributed by atoms with Gasteiger partial charge in [0.25, 0.3) is 5.69 Å². The van der Waals surface area contributed by atoms with E-state index in [2.05, 4.69) is 5.32 Å². The summed E-state index contributed by atoms with van der Waals surface area (Å²) in [6.45, 7) is 1.61. The van der Waals surface area contributed by atoms with Crippen LogP contribution in [0.3, 0.4) is 0 Å². The molecule has 0 aliphatic heterocycles. The second kappa shape index (κ2) is 7.60. The molecule has 2 rings (SSSR count). The van der Waals surface area contributed by atoms with Crippen LogP contribution in [0.25, 0.3) is 6.08 Å². The number of amides is 1. The minimum absolute atomic E-state index is 0.0144. The van der Waals surface area contributed by atoms with Crippen molar-refractivity contribution in [3.05, 3.63) is 69.8 Å². The lowest BCUT2D eigenvalue weighted by Gasteiger charge is -2.06. The lowest BCUT2D eigenvalue weighted by atomic mass is 10.1. The first-order valence-electron chi connectivity index (χ1n) is 6.88. The number of carbonyl (C=O) groups is 1. The molecule has 0 spiro atoms. The summed E-state index contributed by atoms with van der Waals surface area (Å²) in [5.74, 6) is -0.331. The molecule has 0 saturated heterocycles. The van der Waals surface area contributed by atoms with Gasteiger partial charge in [-0.15, -0.1) is 11.8 Å². The molecule has 0 unspecified atom stereocenters. The van der Waals surface area contributed by atoms with Gasteiger partial charge in [-0.25, -0.2) is 0 Å². The number of benzene rings is 2. The Morgan fingerprint density at radius 2 is 1.91 bits per heavy atom. The van der Waals surface area contributed by atoms with Crippen molar-refractivity contribution in [1.29, 1.82) is 0 Å². The molecular weight excluding hydrogens is 312 g/mol. The number of anilines is 1. The Morgan fingerprint density at radius 1 is 1.22 bits per heavy atom. The van der Waals surface area contributed by atoms with Crippen molar-refractivity contribution in [2.75, 3.05) is 11.6 Å². The third-order valence-corrected chi connectivity index (χ3v) is 4.05. The summed E-state index contributed by atoms with van der Waals surface area (Å²) in [5, 5.41) is 13.6. The molecule has 23 heavy (non-hydrogen) atoms. The number of rotatable bonds is 5. The van der Waals surface area contributed by atoms with Gasteiger partial charge >= 0.3 is 0 Å². The van der Waals surface area contributed by atoms with E-state index in [1.807, 2.05) is 30.5 Å². The van der Waals surface area contributed by atoms with Gasteiger partial charge in [-0.3, -0.25) is 14.9 Å². The average molecular weight is 328 g/mol. The number of nitrogens with zero attached hydrogens (tertiary/aromatic N) is 1. The molecular formula is C17H16N2O3S. The molecule has 0 aromatic heterocycles. The molecule has 0 saturated carbocycles. The van der Waals surface area contributed by atoms with Crippen LogP contribution >= 0.6 is 11.8 Å². The van der Waals surface area contributed by atoms with E-state index in [-0.39, 0.29) is 11.6 Å². The number of thioether (sulfide) groups is 1. The van der Waals surface area contributed by atoms with Crippen molar-refractivity contribution in [2.45, 2.75) is 11.8 Å². The lowest BCUT2D eigenvalue weighted by Crippen LogP contribution is -2.09. The SMILES string of the molecule is CSc1ccc(/C=C/C(=O)Nc2cccc([N+](=O)[O-])c2C)cc1. The predicted molar refractivity (Wildman–Crippen MR) is 93.7 cm³/mol. The van der Waals surface area contributed by atoms with Crippen LogP contribution in [0.5, 0.6) is 0 Å². The quantitative estimate of drug-likeness (QED) is 0.385. The van der Waals surface area contributed by atoms with Crippen LogP contribution in [0.15, 0.2) is 53.4 Å². The van der Waals surface area contributed by atoms with Crippen molar-refractivity contribution in [1.82, 2.24) is 0 Å². The van der Waals surface area contributed by atoms with E-state index in [9.17, 15) is 14.9 Å². The van der Waals surface area contributed by atoms with Crippen molar-refractivity contribution >= 4 is 35.1 Å². The van der Waals surface area contributed by atoms with E-state index < -0.39 is 4.92 Å². The number of hydrogen-bond donors (Lipinski definition) is 1. The average Bonchev–Trinajstić information content (AvgIpc) is 2.55. The zero-order chi connectivity index (χ0) is 16.8. The van der Waals surface area contributed by atoms with Gasteiger partial charge in [0, 0.05) is 17.0 Å². The largest absolute Gasteiger partial charge is 0.322 e. The molecule has 5 nitrogen and oxygen atoms in total. The van der Waals surface area contributed by atoms with E-state index in [4.69, 9.17) is 0 Å². The minimum atomic E-state index is -0.464. The predicted octanol–water partition coefficient (Wildman–Crippen LogP) is 4.28. The Balaban J connectivity index is 2.08. The zero-order valence-corrected chi connectivity index (χ0v) is 13.6. The van der Waals surface area contributed by atoms with Crippen molar-refractivity contribution in [3.8, 4) is 0 Å². The van der Waals surface area contributed by atoms with E-state index >= 15 is 0 Å². The van der Waals surface area contributed by atoms with Crippen LogP contribution in [-0.4, -0.2) is 17.1 Å². The van der Waals surface area contributed by atoms with Crippen LogP contribution in [-0.2, 0) is 4.79 Å². The Bertz CT molecular complexity index is 755. The van der Waals surface area contributed by atoms with Gasteiger partial charge in [-0.1, -0.05) is 18.2 Å². The number of nitro benzene ring substituents is 1. The molecule has 0 heterocycles. The number of hydrogen-bond acceptors (Lipinski definition) is 4. The second-order valence-electron chi connectivity index (χ2n) is 4.80. The first-order chi connectivity index (χ1) is 11.0. The number of nitrogens with one attached hydrogen (secondary N) is 1. The number of carbonyl (C=O) groups excluding carboxylic acids is 1. The highest BCUT2D eigenvalue weighted by molar-refractivity contribution is 7.98. The van der Waals surface area contributed by atoms with Gasteiger partial charge in [-0.2, -0.15) is 0 Å². The summed E-state index contributed by atoms with van der Waals surface area (Å²) >= 11 is 1.65. The van der Waals surface area contributed by atoms with Crippen LogP contribution < -0.4 is 5.32 Å². The normalized spacial score (nSPS) is 10.7. The summed E-state index contributed by atoms with van der Waals surface area (Å²) in [7, 11) is 0. The van der Waals surface area contributed by atoms with Crippen molar-refractivity contribution in [2.24, 2.45) is 0 Å². The number of nitro groups is 1. The van der Waals surface area contributed by atoms with Crippen LogP contribution in [0.2, 0.25) is 0 Å². The fourth-order valence-corrected chi connectivity index (χ4v) is 2.43. The molecule has 1 N–H and O–H groups in total. The third-order valence-electron chi connectivity index (χ3n) is 3.30. The summed E-state index contributed by atoms with van der Waals surface area (Å²) in [5.41, 5.74) is 1.77. The molecule has 1 amide bonds. The molecule has 0 atom stereocenters. The maximum Gasteiger partial charge on any atom is 0.274 e. The van der Waals surface area contributed by atoms with E-state index in [1.165, 1.54) is 12.1 Å². The zero-order valence-electron chi connectivity index (χ0n) is 12.8. The first kappa shape index (κ1) is 16.8. The fraction of sp³-hybridized carbons (Fsp3) is 0.118. The molecule has 0 aliphatic carbocycles. The van der Waals surface area contributed by atoms with Gasteiger partial charge in [0.05, 0.1) is 16.2 Å². The highest BCUT2D eigenvalue weighted by Gasteiger charge is 2.13. The van der Waals surface area contributed by atoms with Crippen LogP contribution in [0.4, 0.5) is 11.4 Å². The second-order valence-corrected chi connectivity index (χ2v) is 5.68. The van der Waals surface area contributed by atoms with E-state index in [0.29, 0.717) is 11.3 Å².